The molecule has 0 saturated carbocycles. The molecule has 2 heterocycles. The molecule has 5 rings (SSSR count). The highest BCUT2D eigenvalue weighted by atomic mass is 19.1. The number of aromatic amines is 1. The van der Waals surface area contributed by atoms with Gasteiger partial charge in [-0.25, -0.2) is 9.37 Å². The maximum absolute atomic E-state index is 13.8. The van der Waals surface area contributed by atoms with Gasteiger partial charge in [-0.15, -0.1) is 0 Å². The van der Waals surface area contributed by atoms with Crippen LogP contribution in [0, 0.1) is 5.82 Å². The molecule has 0 radical (unpaired) electrons. The van der Waals surface area contributed by atoms with Crippen molar-refractivity contribution in [2.45, 2.75) is 37.5 Å². The monoisotopic (exact) mass is 441 g/mol. The van der Waals surface area contributed by atoms with Gasteiger partial charge < -0.3 is 9.88 Å². The highest BCUT2D eigenvalue weighted by Crippen LogP contribution is 2.41. The van der Waals surface area contributed by atoms with Gasteiger partial charge in [0.2, 0.25) is 5.91 Å². The summed E-state index contributed by atoms with van der Waals surface area (Å²) < 4.78 is 13.8. The van der Waals surface area contributed by atoms with Crippen molar-refractivity contribution in [3.63, 3.8) is 0 Å². The molecule has 5 heteroatoms. The standard InChI is InChI=1S/C28H28FN3O/c29-23-14-15-24-25(20-23)31-27(30-24)28(22-11-5-2-6-12-22)16-18-32(19-17-28)26(33)13-7-10-21-8-3-1-4-9-21/h1-6,8-9,11-12,14-15,20H,7,10,13,16-19H2,(H,30,31). The Kier molecular flexibility index (Phi) is 5.95. The molecule has 4 nitrogen and oxygen atoms in total. The molecule has 1 aromatic heterocycles. The molecule has 0 aliphatic carbocycles. The molecule has 0 spiro atoms. The van der Waals surface area contributed by atoms with Crippen LogP contribution in [0.2, 0.25) is 0 Å². The predicted octanol–water partition coefficient (Wildman–Crippen LogP) is 5.63. The summed E-state index contributed by atoms with van der Waals surface area (Å²) in [5, 5.41) is 0. The number of imidazole rings is 1. The highest BCUT2D eigenvalue weighted by Gasteiger charge is 2.41. The van der Waals surface area contributed by atoms with Gasteiger partial charge in [-0.05, 0) is 55.0 Å². The van der Waals surface area contributed by atoms with Crippen molar-refractivity contribution in [2.75, 3.05) is 13.1 Å². The molecule has 0 unspecified atom stereocenters. The molecule has 1 aliphatic heterocycles. The van der Waals surface area contributed by atoms with Gasteiger partial charge in [0.25, 0.3) is 0 Å². The fraction of sp³-hybridized carbons (Fsp3) is 0.286. The van der Waals surface area contributed by atoms with Crippen LogP contribution in [-0.4, -0.2) is 33.9 Å². The van der Waals surface area contributed by atoms with E-state index in [2.05, 4.69) is 29.2 Å². The summed E-state index contributed by atoms with van der Waals surface area (Å²) in [6.07, 6.45) is 3.91. The van der Waals surface area contributed by atoms with E-state index in [0.29, 0.717) is 25.0 Å². The third kappa shape index (κ3) is 4.40. The second kappa shape index (κ2) is 9.18. The molecule has 1 saturated heterocycles. The number of hydrogen-bond acceptors (Lipinski definition) is 2. The summed E-state index contributed by atoms with van der Waals surface area (Å²) in [5.74, 6) is 0.798. The van der Waals surface area contributed by atoms with Gasteiger partial charge in [0, 0.05) is 19.5 Å². The van der Waals surface area contributed by atoms with E-state index in [1.165, 1.54) is 23.3 Å². The van der Waals surface area contributed by atoms with Crippen LogP contribution in [-0.2, 0) is 16.6 Å². The number of hydrogen-bond donors (Lipinski definition) is 1. The van der Waals surface area contributed by atoms with E-state index in [4.69, 9.17) is 4.98 Å². The number of likely N-dealkylation sites (tertiary alicyclic amines) is 1. The van der Waals surface area contributed by atoms with Gasteiger partial charge in [0.15, 0.2) is 0 Å². The fourth-order valence-corrected chi connectivity index (χ4v) is 5.01. The maximum Gasteiger partial charge on any atom is 0.222 e. The van der Waals surface area contributed by atoms with E-state index < -0.39 is 0 Å². The van der Waals surface area contributed by atoms with Gasteiger partial charge >= 0.3 is 0 Å². The number of carbonyl (C=O) groups is 1. The number of aromatic nitrogens is 2. The summed E-state index contributed by atoms with van der Waals surface area (Å²) in [6.45, 7) is 1.37. The number of H-pyrrole nitrogens is 1. The van der Waals surface area contributed by atoms with Crippen LogP contribution in [0.1, 0.15) is 42.6 Å². The topological polar surface area (TPSA) is 49.0 Å². The zero-order valence-corrected chi connectivity index (χ0v) is 18.6. The highest BCUT2D eigenvalue weighted by molar-refractivity contribution is 5.77. The van der Waals surface area contributed by atoms with Crippen LogP contribution in [0.4, 0.5) is 4.39 Å². The lowest BCUT2D eigenvalue weighted by molar-refractivity contribution is -0.132. The van der Waals surface area contributed by atoms with Gasteiger partial charge in [-0.1, -0.05) is 60.7 Å². The molecule has 33 heavy (non-hydrogen) atoms. The van der Waals surface area contributed by atoms with Gasteiger partial charge in [0.05, 0.1) is 16.4 Å². The Labute approximate surface area is 193 Å². The van der Waals surface area contributed by atoms with Crippen LogP contribution >= 0.6 is 0 Å². The first kappa shape index (κ1) is 21.4. The van der Waals surface area contributed by atoms with Crippen molar-refractivity contribution < 1.29 is 9.18 Å². The Bertz CT molecular complexity index is 1230. The maximum atomic E-state index is 13.8. The third-order valence-corrected chi connectivity index (χ3v) is 6.89. The number of halogens is 1. The third-order valence-electron chi connectivity index (χ3n) is 6.89. The first-order chi connectivity index (χ1) is 16.1. The SMILES string of the molecule is O=C(CCCc1ccccc1)N1CCC(c2ccccc2)(c2nc3ccc(F)cc3[nH]2)CC1. The summed E-state index contributed by atoms with van der Waals surface area (Å²) >= 11 is 0. The largest absolute Gasteiger partial charge is 0.343 e. The van der Waals surface area contributed by atoms with Crippen molar-refractivity contribution in [2.24, 2.45) is 0 Å². The van der Waals surface area contributed by atoms with E-state index in [1.807, 2.05) is 41.3 Å². The Morgan fingerprint density at radius 3 is 2.39 bits per heavy atom. The van der Waals surface area contributed by atoms with E-state index in [0.717, 1.165) is 37.0 Å². The molecule has 1 fully saturated rings. The minimum atomic E-state index is -0.322. The molecule has 1 amide bonds. The molecule has 0 bridgehead atoms. The van der Waals surface area contributed by atoms with Crippen molar-refractivity contribution in [3.8, 4) is 0 Å². The molecular weight excluding hydrogens is 413 g/mol. The lowest BCUT2D eigenvalue weighted by Crippen LogP contribution is -2.46. The molecule has 1 aliphatic rings. The number of nitrogens with zero attached hydrogens (tertiary/aromatic N) is 2. The van der Waals surface area contributed by atoms with Crippen LogP contribution in [0.5, 0.6) is 0 Å². The van der Waals surface area contributed by atoms with Crippen LogP contribution in [0.15, 0.2) is 78.9 Å². The lowest BCUT2D eigenvalue weighted by Gasteiger charge is -2.41. The predicted molar refractivity (Wildman–Crippen MR) is 128 cm³/mol. The second-order valence-electron chi connectivity index (χ2n) is 8.91. The summed E-state index contributed by atoms with van der Waals surface area (Å²) in [7, 11) is 0. The number of piperidine rings is 1. The Morgan fingerprint density at radius 1 is 0.970 bits per heavy atom. The number of carbonyl (C=O) groups excluding carboxylic acids is 1. The quantitative estimate of drug-likeness (QED) is 0.421. The molecule has 3 aromatic carbocycles. The van der Waals surface area contributed by atoms with E-state index in [9.17, 15) is 9.18 Å². The molecule has 1 N–H and O–H groups in total. The molecule has 0 atom stereocenters. The number of rotatable bonds is 6. The summed E-state index contributed by atoms with van der Waals surface area (Å²) in [6, 6.07) is 25.3. The minimum absolute atomic E-state index is 0.222. The van der Waals surface area contributed by atoms with Crippen LogP contribution in [0.3, 0.4) is 0 Å². The number of nitrogens with one attached hydrogen (secondary N) is 1. The van der Waals surface area contributed by atoms with Crippen molar-refractivity contribution in [3.05, 3.63) is 102 Å². The summed E-state index contributed by atoms with van der Waals surface area (Å²) in [5.41, 5.74) is 3.60. The van der Waals surface area contributed by atoms with Crippen molar-refractivity contribution in [1.82, 2.24) is 14.9 Å². The van der Waals surface area contributed by atoms with Crippen LogP contribution < -0.4 is 0 Å². The average molecular weight is 442 g/mol. The number of benzene rings is 3. The van der Waals surface area contributed by atoms with Gasteiger partial charge in [-0.3, -0.25) is 4.79 Å². The zero-order chi connectivity index (χ0) is 22.7. The first-order valence-corrected chi connectivity index (χ1v) is 11.7. The Hall–Kier alpha value is -3.47. The fourth-order valence-electron chi connectivity index (χ4n) is 5.01. The number of aryl methyl sites for hydroxylation is 1. The molecular formula is C28H28FN3O. The van der Waals surface area contributed by atoms with E-state index in [-0.39, 0.29) is 17.1 Å². The smallest absolute Gasteiger partial charge is 0.222 e. The number of amides is 1. The van der Waals surface area contributed by atoms with Crippen molar-refractivity contribution in [1.29, 1.82) is 0 Å². The average Bonchev–Trinajstić information content (AvgIpc) is 3.29. The lowest BCUT2D eigenvalue weighted by atomic mass is 9.72. The second-order valence-corrected chi connectivity index (χ2v) is 8.91. The van der Waals surface area contributed by atoms with Gasteiger partial charge in [0.1, 0.15) is 11.6 Å². The van der Waals surface area contributed by atoms with E-state index >= 15 is 0 Å². The van der Waals surface area contributed by atoms with Crippen LogP contribution in [0.25, 0.3) is 11.0 Å². The Balaban J connectivity index is 1.32. The minimum Gasteiger partial charge on any atom is -0.343 e. The summed E-state index contributed by atoms with van der Waals surface area (Å²) in [4.78, 5) is 23.1. The Morgan fingerprint density at radius 2 is 1.67 bits per heavy atom. The van der Waals surface area contributed by atoms with Crippen molar-refractivity contribution >= 4 is 16.9 Å². The van der Waals surface area contributed by atoms with Gasteiger partial charge in [-0.2, -0.15) is 0 Å². The normalized spacial score (nSPS) is 15.6. The number of fused-ring (bicyclic) bond motifs is 1. The molecule has 168 valence electrons. The van der Waals surface area contributed by atoms with E-state index in [1.54, 1.807) is 6.07 Å². The zero-order valence-electron chi connectivity index (χ0n) is 18.6. The molecule has 4 aromatic rings. The first-order valence-electron chi connectivity index (χ1n) is 11.7.